The van der Waals surface area contributed by atoms with Gasteiger partial charge in [0.2, 0.25) is 0 Å². The average Bonchev–Trinajstić information content (AvgIpc) is 2.61. The lowest BCUT2D eigenvalue weighted by molar-refractivity contribution is 0.0433. The van der Waals surface area contributed by atoms with Gasteiger partial charge in [-0.15, -0.1) is 0 Å². The third kappa shape index (κ3) is 4.82. The van der Waals surface area contributed by atoms with Gasteiger partial charge in [-0.2, -0.15) is 0 Å². The van der Waals surface area contributed by atoms with Crippen molar-refractivity contribution in [2.24, 2.45) is 0 Å². The summed E-state index contributed by atoms with van der Waals surface area (Å²) in [5, 5.41) is 8.62. The van der Waals surface area contributed by atoms with Crippen LogP contribution in [-0.2, 0) is 4.74 Å². The fourth-order valence-electron chi connectivity index (χ4n) is 1.90. The van der Waals surface area contributed by atoms with Crippen LogP contribution in [0.5, 0.6) is 11.5 Å². The Bertz CT molecular complexity index is 676. The molecule has 0 unspecified atom stereocenters. The topological polar surface area (TPSA) is 82.1 Å². The molecule has 0 radical (unpaired) electrons. The van der Waals surface area contributed by atoms with Crippen LogP contribution in [0.4, 0.5) is 0 Å². The molecule has 0 saturated carbocycles. The highest BCUT2D eigenvalue weighted by atomic mass is 16.5. The minimum absolute atomic E-state index is 0.0622. The fraction of sp³-hybridized carbons (Fsp3) is 0.222. The van der Waals surface area contributed by atoms with Crippen molar-refractivity contribution < 1.29 is 28.9 Å². The maximum atomic E-state index is 12.1. The number of rotatable bonds is 7. The van der Waals surface area contributed by atoms with E-state index in [2.05, 4.69) is 0 Å². The number of benzene rings is 2. The molecule has 0 aliphatic rings. The second-order valence-electron chi connectivity index (χ2n) is 4.73. The minimum Gasteiger partial charge on any atom is -0.494 e. The highest BCUT2D eigenvalue weighted by Crippen LogP contribution is 2.17. The summed E-state index contributed by atoms with van der Waals surface area (Å²) in [7, 11) is 0. The third-order valence-corrected chi connectivity index (χ3v) is 3.03. The maximum absolute atomic E-state index is 12.1. The van der Waals surface area contributed by atoms with Crippen LogP contribution in [0.3, 0.4) is 0 Å². The van der Waals surface area contributed by atoms with E-state index in [1.165, 1.54) is 24.3 Å². The molecule has 0 spiro atoms. The van der Waals surface area contributed by atoms with Crippen LogP contribution >= 0.6 is 0 Å². The Balaban J connectivity index is 1.97. The van der Waals surface area contributed by atoms with Gasteiger partial charge in [0.25, 0.3) is 0 Å². The van der Waals surface area contributed by atoms with E-state index in [1.807, 2.05) is 6.92 Å². The summed E-state index contributed by atoms with van der Waals surface area (Å²) in [6.45, 7) is 2.14. The number of aliphatic hydroxyl groups excluding tert-OH is 1. The molecule has 6 heteroatoms. The Morgan fingerprint density at radius 2 is 1.42 bits per heavy atom. The van der Waals surface area contributed by atoms with E-state index in [-0.39, 0.29) is 13.2 Å². The summed E-state index contributed by atoms with van der Waals surface area (Å²) in [4.78, 5) is 23.7. The van der Waals surface area contributed by atoms with Gasteiger partial charge in [-0.3, -0.25) is 0 Å². The standard InChI is InChI=1S/C18H18O6/c1-2-22-15-7-3-14(4-8-15)18(21)24-16-9-5-13(6-10-16)17(20)23-12-11-19/h3-10,19H,2,11-12H2,1H3. The summed E-state index contributed by atoms with van der Waals surface area (Å²) in [5.41, 5.74) is 0.703. The van der Waals surface area contributed by atoms with Gasteiger partial charge in [-0.25, -0.2) is 9.59 Å². The van der Waals surface area contributed by atoms with E-state index in [0.717, 1.165) is 0 Å². The predicted molar refractivity (Wildman–Crippen MR) is 86.4 cm³/mol. The van der Waals surface area contributed by atoms with Crippen LogP contribution in [0.2, 0.25) is 0 Å². The zero-order valence-corrected chi connectivity index (χ0v) is 13.2. The van der Waals surface area contributed by atoms with E-state index >= 15 is 0 Å². The van der Waals surface area contributed by atoms with Gasteiger partial charge in [0.05, 0.1) is 24.3 Å². The summed E-state index contributed by atoms with van der Waals surface area (Å²) in [5.74, 6) is -0.0607. The predicted octanol–water partition coefficient (Wildman–Crippen LogP) is 2.45. The minimum atomic E-state index is -0.548. The van der Waals surface area contributed by atoms with Crippen LogP contribution in [0.1, 0.15) is 27.6 Å². The molecule has 0 fully saturated rings. The summed E-state index contributed by atoms with van der Waals surface area (Å²) < 4.78 is 15.3. The average molecular weight is 330 g/mol. The molecule has 0 aliphatic carbocycles. The number of hydrogen-bond acceptors (Lipinski definition) is 6. The molecule has 2 aromatic carbocycles. The van der Waals surface area contributed by atoms with E-state index in [9.17, 15) is 9.59 Å². The van der Waals surface area contributed by atoms with Crippen molar-refractivity contribution in [3.8, 4) is 11.5 Å². The molecular formula is C18H18O6. The summed E-state index contributed by atoms with van der Waals surface area (Å²) >= 11 is 0. The van der Waals surface area contributed by atoms with E-state index in [1.54, 1.807) is 24.3 Å². The first kappa shape index (κ1) is 17.5. The normalized spacial score (nSPS) is 10.1. The van der Waals surface area contributed by atoms with E-state index in [0.29, 0.717) is 29.2 Å². The highest BCUT2D eigenvalue weighted by molar-refractivity contribution is 5.92. The zero-order chi connectivity index (χ0) is 17.4. The Kier molecular flexibility index (Phi) is 6.33. The molecule has 0 atom stereocenters. The van der Waals surface area contributed by atoms with Crippen molar-refractivity contribution in [3.05, 3.63) is 59.7 Å². The SMILES string of the molecule is CCOc1ccc(C(=O)Oc2ccc(C(=O)OCCO)cc2)cc1. The lowest BCUT2D eigenvalue weighted by Crippen LogP contribution is -2.10. The van der Waals surface area contributed by atoms with Gasteiger partial charge < -0.3 is 19.3 Å². The van der Waals surface area contributed by atoms with Gasteiger partial charge in [-0.1, -0.05) is 0 Å². The van der Waals surface area contributed by atoms with Gasteiger partial charge in [-0.05, 0) is 55.5 Å². The largest absolute Gasteiger partial charge is 0.494 e. The highest BCUT2D eigenvalue weighted by Gasteiger charge is 2.11. The fourth-order valence-corrected chi connectivity index (χ4v) is 1.90. The van der Waals surface area contributed by atoms with Crippen LogP contribution in [0.15, 0.2) is 48.5 Å². The molecule has 24 heavy (non-hydrogen) atoms. The van der Waals surface area contributed by atoms with Gasteiger partial charge in [0, 0.05) is 0 Å². The maximum Gasteiger partial charge on any atom is 0.343 e. The summed E-state index contributed by atoms with van der Waals surface area (Å²) in [6, 6.07) is 12.6. The first-order valence-electron chi connectivity index (χ1n) is 7.47. The summed E-state index contributed by atoms with van der Waals surface area (Å²) in [6.07, 6.45) is 0. The molecule has 0 aliphatic heterocycles. The Morgan fingerprint density at radius 1 is 0.875 bits per heavy atom. The van der Waals surface area contributed by atoms with Crippen molar-refractivity contribution in [2.45, 2.75) is 6.92 Å². The van der Waals surface area contributed by atoms with Crippen LogP contribution in [0, 0.1) is 0 Å². The van der Waals surface area contributed by atoms with Crippen molar-refractivity contribution >= 4 is 11.9 Å². The van der Waals surface area contributed by atoms with E-state index in [4.69, 9.17) is 19.3 Å². The molecule has 0 bridgehead atoms. The molecule has 0 heterocycles. The molecule has 6 nitrogen and oxygen atoms in total. The number of carbonyl (C=O) groups excluding carboxylic acids is 2. The van der Waals surface area contributed by atoms with Crippen LogP contribution < -0.4 is 9.47 Å². The van der Waals surface area contributed by atoms with Gasteiger partial charge in [0.1, 0.15) is 18.1 Å². The Hall–Kier alpha value is -2.86. The molecule has 0 aromatic heterocycles. The molecule has 2 rings (SSSR count). The van der Waals surface area contributed by atoms with Crippen molar-refractivity contribution in [1.29, 1.82) is 0 Å². The molecule has 1 N–H and O–H groups in total. The monoisotopic (exact) mass is 330 g/mol. The van der Waals surface area contributed by atoms with Gasteiger partial charge >= 0.3 is 11.9 Å². The number of ether oxygens (including phenoxy) is 3. The Morgan fingerprint density at radius 3 is 1.96 bits per heavy atom. The molecule has 126 valence electrons. The van der Waals surface area contributed by atoms with Crippen molar-refractivity contribution in [2.75, 3.05) is 19.8 Å². The number of esters is 2. The third-order valence-electron chi connectivity index (χ3n) is 3.03. The molecule has 0 amide bonds. The zero-order valence-electron chi connectivity index (χ0n) is 13.2. The number of aliphatic hydroxyl groups is 1. The van der Waals surface area contributed by atoms with Crippen LogP contribution in [0.25, 0.3) is 0 Å². The molecular weight excluding hydrogens is 312 g/mol. The lowest BCUT2D eigenvalue weighted by atomic mass is 10.2. The number of carbonyl (C=O) groups is 2. The molecule has 0 saturated heterocycles. The second kappa shape index (κ2) is 8.69. The van der Waals surface area contributed by atoms with Crippen LogP contribution in [-0.4, -0.2) is 36.9 Å². The lowest BCUT2D eigenvalue weighted by Gasteiger charge is -2.07. The smallest absolute Gasteiger partial charge is 0.343 e. The van der Waals surface area contributed by atoms with Gasteiger partial charge in [0.15, 0.2) is 0 Å². The van der Waals surface area contributed by atoms with Crippen molar-refractivity contribution in [1.82, 2.24) is 0 Å². The first-order chi connectivity index (χ1) is 11.6. The Labute approximate surface area is 139 Å². The van der Waals surface area contributed by atoms with Crippen molar-refractivity contribution in [3.63, 3.8) is 0 Å². The number of hydrogen-bond donors (Lipinski definition) is 1. The first-order valence-corrected chi connectivity index (χ1v) is 7.47. The second-order valence-corrected chi connectivity index (χ2v) is 4.73. The van der Waals surface area contributed by atoms with E-state index < -0.39 is 11.9 Å². The molecule has 2 aromatic rings. The quantitative estimate of drug-likeness (QED) is 0.620.